The van der Waals surface area contributed by atoms with Gasteiger partial charge in [-0.3, -0.25) is 4.79 Å². The Hall–Kier alpha value is -0.975. The van der Waals surface area contributed by atoms with Crippen LogP contribution in [0.1, 0.15) is 65.4 Å². The summed E-state index contributed by atoms with van der Waals surface area (Å²) >= 11 is 4.61. The van der Waals surface area contributed by atoms with E-state index in [-0.39, 0.29) is 28.8 Å². The molecular formula is C22H35BNO3S. The van der Waals surface area contributed by atoms with Crippen LogP contribution in [0.2, 0.25) is 6.32 Å². The van der Waals surface area contributed by atoms with Gasteiger partial charge in [0.05, 0.1) is 5.60 Å². The molecule has 1 radical (unpaired) electrons. The van der Waals surface area contributed by atoms with Gasteiger partial charge in [0.1, 0.15) is 12.1 Å². The predicted octanol–water partition coefficient (Wildman–Crippen LogP) is 4.55. The van der Waals surface area contributed by atoms with Gasteiger partial charge < -0.3 is 15.1 Å². The van der Waals surface area contributed by atoms with Crippen molar-refractivity contribution < 1.29 is 14.2 Å². The molecule has 28 heavy (non-hydrogen) atoms. The van der Waals surface area contributed by atoms with Crippen molar-refractivity contribution in [3.8, 4) is 0 Å². The summed E-state index contributed by atoms with van der Waals surface area (Å²) in [5, 5.41) is 0. The van der Waals surface area contributed by atoms with Crippen LogP contribution in [0.3, 0.4) is 0 Å². The summed E-state index contributed by atoms with van der Waals surface area (Å²) in [5.41, 5.74) is 6.30. The van der Waals surface area contributed by atoms with Crippen molar-refractivity contribution in [2.24, 2.45) is 11.7 Å². The topological polar surface area (TPSA) is 61.5 Å². The molecule has 155 valence electrons. The maximum absolute atomic E-state index is 12.7. The summed E-state index contributed by atoms with van der Waals surface area (Å²) in [5.74, 6) is -0.101. The maximum atomic E-state index is 12.7. The molecule has 1 aromatic rings. The van der Waals surface area contributed by atoms with E-state index in [0.717, 1.165) is 37.6 Å². The van der Waals surface area contributed by atoms with Crippen LogP contribution in [0, 0.1) is 5.92 Å². The molecule has 0 heterocycles. The molecule has 0 bridgehead atoms. The Morgan fingerprint density at radius 1 is 1.29 bits per heavy atom. The van der Waals surface area contributed by atoms with Gasteiger partial charge in [-0.05, 0) is 58.4 Å². The van der Waals surface area contributed by atoms with E-state index in [1.165, 1.54) is 0 Å². The molecule has 2 rings (SSSR count). The van der Waals surface area contributed by atoms with Gasteiger partial charge in [-0.1, -0.05) is 49.5 Å². The van der Waals surface area contributed by atoms with E-state index < -0.39 is 5.54 Å². The van der Waals surface area contributed by atoms with Gasteiger partial charge in [0.2, 0.25) is 0 Å². The van der Waals surface area contributed by atoms with Gasteiger partial charge in [-0.25, -0.2) is 0 Å². The summed E-state index contributed by atoms with van der Waals surface area (Å²) < 4.78 is 11.2. The first-order chi connectivity index (χ1) is 13.1. The number of ether oxygens (including phenoxy) is 1. The zero-order chi connectivity index (χ0) is 20.8. The first-order valence-electron chi connectivity index (χ1n) is 10.3. The molecule has 2 unspecified atom stereocenters. The zero-order valence-electron chi connectivity index (χ0n) is 17.7. The number of esters is 1. The van der Waals surface area contributed by atoms with Crippen molar-refractivity contribution in [2.45, 2.75) is 88.6 Å². The Morgan fingerprint density at radius 2 is 1.96 bits per heavy atom. The Bertz CT molecular complexity index is 632. The molecule has 2 atom stereocenters. The third kappa shape index (κ3) is 6.01. The maximum Gasteiger partial charge on any atom is 0.326 e. The van der Waals surface area contributed by atoms with Crippen molar-refractivity contribution in [3.05, 3.63) is 35.9 Å². The largest absolute Gasteiger partial charge is 0.459 e. The number of hydrogen-bond acceptors (Lipinski definition) is 5. The van der Waals surface area contributed by atoms with Crippen LogP contribution in [-0.2, 0) is 20.8 Å². The molecule has 0 aliphatic heterocycles. The molecule has 6 heteroatoms. The first kappa shape index (κ1) is 23.3. The number of rotatable bonds is 10. The minimum Gasteiger partial charge on any atom is -0.459 e. The summed E-state index contributed by atoms with van der Waals surface area (Å²) in [4.78, 5) is 12.7. The molecule has 1 saturated carbocycles. The van der Waals surface area contributed by atoms with Gasteiger partial charge in [-0.2, -0.15) is 12.6 Å². The summed E-state index contributed by atoms with van der Waals surface area (Å²) in [6.45, 7) is 8.46. The van der Waals surface area contributed by atoms with Crippen molar-refractivity contribution in [2.75, 3.05) is 0 Å². The van der Waals surface area contributed by atoms with Gasteiger partial charge in [0.25, 0.3) is 7.48 Å². The quantitative estimate of drug-likeness (QED) is 0.260. The molecule has 0 saturated heterocycles. The van der Waals surface area contributed by atoms with Crippen molar-refractivity contribution in [3.63, 3.8) is 0 Å². The highest BCUT2D eigenvalue weighted by molar-refractivity contribution is 7.81. The number of hydrogen-bond donors (Lipinski definition) is 2. The van der Waals surface area contributed by atoms with Gasteiger partial charge >= 0.3 is 5.97 Å². The Morgan fingerprint density at radius 3 is 2.61 bits per heavy atom. The van der Waals surface area contributed by atoms with E-state index in [9.17, 15) is 4.79 Å². The van der Waals surface area contributed by atoms with Crippen LogP contribution in [-0.4, -0.2) is 29.3 Å². The van der Waals surface area contributed by atoms with Crippen LogP contribution < -0.4 is 5.73 Å². The van der Waals surface area contributed by atoms with Crippen LogP contribution in [0.25, 0.3) is 0 Å². The second kappa shape index (κ2) is 9.68. The molecular weight excluding hydrogens is 369 g/mol. The number of thiol groups is 1. The monoisotopic (exact) mass is 404 g/mol. The molecule has 0 aromatic heterocycles. The highest BCUT2D eigenvalue weighted by atomic mass is 32.1. The molecule has 1 aliphatic carbocycles. The fourth-order valence-electron chi connectivity index (χ4n) is 3.49. The number of nitrogens with two attached hydrogens (primary N) is 1. The molecule has 0 amide bonds. The highest BCUT2D eigenvalue weighted by Gasteiger charge is 2.46. The van der Waals surface area contributed by atoms with E-state index in [1.54, 1.807) is 0 Å². The second-order valence-corrected chi connectivity index (χ2v) is 10.1. The highest BCUT2D eigenvalue weighted by Crippen LogP contribution is 2.38. The van der Waals surface area contributed by atoms with E-state index in [0.29, 0.717) is 6.42 Å². The van der Waals surface area contributed by atoms with Crippen LogP contribution in [0.15, 0.2) is 30.3 Å². The minimum absolute atomic E-state index is 0.165. The fourth-order valence-corrected chi connectivity index (χ4v) is 3.54. The van der Waals surface area contributed by atoms with E-state index in [1.807, 2.05) is 65.5 Å². The summed E-state index contributed by atoms with van der Waals surface area (Å²) in [6.07, 6.45) is 5.33. The average Bonchev–Trinajstić information content (AvgIpc) is 3.01. The average molecular weight is 404 g/mol. The van der Waals surface area contributed by atoms with Crippen LogP contribution in [0.5, 0.6) is 0 Å². The molecule has 1 fully saturated rings. The normalized spacial score (nSPS) is 22.9. The SMILES string of the molecule is CC(C)(S)C(C)(C)O[B]CCCC1CCCC1(N)C(=O)OCc1ccccc1. The lowest BCUT2D eigenvalue weighted by molar-refractivity contribution is -0.153. The number of benzene rings is 1. The third-order valence-electron chi connectivity index (χ3n) is 6.19. The van der Waals surface area contributed by atoms with Crippen LogP contribution >= 0.6 is 12.6 Å². The van der Waals surface area contributed by atoms with Gasteiger partial charge in [0.15, 0.2) is 0 Å². The minimum atomic E-state index is -0.859. The van der Waals surface area contributed by atoms with Crippen molar-refractivity contribution >= 4 is 26.1 Å². The molecule has 2 N–H and O–H groups in total. The fraction of sp³-hybridized carbons (Fsp3) is 0.682. The second-order valence-electron chi connectivity index (χ2n) is 8.98. The predicted molar refractivity (Wildman–Crippen MR) is 119 cm³/mol. The lowest BCUT2D eigenvalue weighted by atomic mass is 9.80. The third-order valence-corrected chi connectivity index (χ3v) is 6.73. The van der Waals surface area contributed by atoms with Gasteiger partial charge in [0, 0.05) is 4.75 Å². The van der Waals surface area contributed by atoms with E-state index in [2.05, 4.69) is 12.6 Å². The lowest BCUT2D eigenvalue weighted by Gasteiger charge is -2.38. The Kier molecular flexibility index (Phi) is 8.06. The van der Waals surface area contributed by atoms with E-state index in [4.69, 9.17) is 15.1 Å². The smallest absolute Gasteiger partial charge is 0.326 e. The first-order valence-corrected chi connectivity index (χ1v) is 10.7. The zero-order valence-corrected chi connectivity index (χ0v) is 18.6. The van der Waals surface area contributed by atoms with E-state index >= 15 is 0 Å². The molecule has 0 spiro atoms. The van der Waals surface area contributed by atoms with Crippen molar-refractivity contribution in [1.29, 1.82) is 0 Å². The van der Waals surface area contributed by atoms with Gasteiger partial charge in [-0.15, -0.1) is 0 Å². The molecule has 1 aromatic carbocycles. The standard InChI is InChI=1S/C22H35BNO3S/c1-20(2,21(3,4)28)27-23-15-9-13-18-12-8-14-22(18,24)19(25)26-16-17-10-6-5-7-11-17/h5-7,10-11,18,28H,8-9,12-16,24H2,1-4H3. The Labute approximate surface area is 176 Å². The number of carbonyl (C=O) groups is 1. The molecule has 4 nitrogen and oxygen atoms in total. The Balaban J connectivity index is 1.77. The van der Waals surface area contributed by atoms with Crippen LogP contribution in [0.4, 0.5) is 0 Å². The van der Waals surface area contributed by atoms with Crippen molar-refractivity contribution in [1.82, 2.24) is 0 Å². The summed E-state index contributed by atoms with van der Waals surface area (Å²) in [6, 6.07) is 9.73. The lowest BCUT2D eigenvalue weighted by Crippen LogP contribution is -2.52. The summed E-state index contributed by atoms with van der Waals surface area (Å²) in [7, 11) is 1.87. The molecule has 1 aliphatic rings. The number of carbonyl (C=O) groups excluding carboxylic acids is 1.